The number of ketones is 1. The summed E-state index contributed by atoms with van der Waals surface area (Å²) < 4.78 is 24.2. The average Bonchev–Trinajstić information content (AvgIpc) is 3.51. The van der Waals surface area contributed by atoms with Gasteiger partial charge in [0.1, 0.15) is 23.9 Å². The topological polar surface area (TPSA) is 129 Å². The Morgan fingerprint density at radius 1 is 0.870 bits per heavy atom. The number of Topliss-reactive ketones (excluding diaryl/α,β-unsaturated/α-hetero) is 1. The van der Waals surface area contributed by atoms with Crippen molar-refractivity contribution < 1.29 is 43.2 Å². The van der Waals surface area contributed by atoms with Crippen LogP contribution in [0.15, 0.2) is 72.3 Å². The molecule has 2 aliphatic heterocycles. The van der Waals surface area contributed by atoms with Gasteiger partial charge >= 0.3 is 17.9 Å². The molecule has 0 radical (unpaired) electrons. The summed E-state index contributed by atoms with van der Waals surface area (Å²) >= 11 is 0. The van der Waals surface area contributed by atoms with Crippen molar-refractivity contribution in [3.63, 3.8) is 0 Å². The molecule has 4 aliphatic carbocycles. The maximum Gasteiger partial charge on any atom is 0.338 e. The van der Waals surface area contributed by atoms with Gasteiger partial charge in [0, 0.05) is 12.0 Å². The number of cyclic esters (lactones) is 1. The second-order valence-corrected chi connectivity index (χ2v) is 14.5. The highest BCUT2D eigenvalue weighted by molar-refractivity contribution is 5.98. The third-order valence-electron chi connectivity index (χ3n) is 12.6. The number of fused-ring (bicyclic) bond motifs is 3. The zero-order chi connectivity index (χ0) is 32.1. The molecule has 0 aromatic heterocycles. The van der Waals surface area contributed by atoms with E-state index in [4.69, 9.17) is 18.9 Å². The van der Waals surface area contributed by atoms with Gasteiger partial charge in [0.05, 0.1) is 22.6 Å². The number of aliphatic hydroxyl groups is 1. The molecule has 9 nitrogen and oxygen atoms in total. The molecule has 240 valence electrons. The van der Waals surface area contributed by atoms with Crippen molar-refractivity contribution >= 4 is 23.7 Å². The lowest BCUT2D eigenvalue weighted by Crippen LogP contribution is -2.76. The molecular weight excluding hydrogens is 588 g/mol. The van der Waals surface area contributed by atoms with Crippen LogP contribution in [0.3, 0.4) is 0 Å². The van der Waals surface area contributed by atoms with E-state index in [1.54, 1.807) is 61.5 Å². The number of epoxide rings is 1. The second-order valence-electron chi connectivity index (χ2n) is 14.5. The molecule has 0 amide bonds. The van der Waals surface area contributed by atoms with Crippen LogP contribution in [-0.2, 0) is 28.5 Å². The monoisotopic (exact) mass is 626 g/mol. The van der Waals surface area contributed by atoms with E-state index in [0.717, 1.165) is 0 Å². The first-order valence-corrected chi connectivity index (χ1v) is 16.4. The van der Waals surface area contributed by atoms with Crippen molar-refractivity contribution in [1.29, 1.82) is 0 Å². The lowest BCUT2D eigenvalue weighted by atomic mass is 9.41. The minimum absolute atomic E-state index is 0.0000984. The van der Waals surface area contributed by atoms with E-state index >= 15 is 4.79 Å². The van der Waals surface area contributed by atoms with Crippen molar-refractivity contribution in [2.45, 2.75) is 81.9 Å². The fraction of sp³-hybridized carbons (Fsp3) is 0.514. The van der Waals surface area contributed by atoms with Gasteiger partial charge in [0.25, 0.3) is 0 Å². The summed E-state index contributed by atoms with van der Waals surface area (Å²) in [7, 11) is 0. The summed E-state index contributed by atoms with van der Waals surface area (Å²) in [6.07, 6.45) is 2.76. The summed E-state index contributed by atoms with van der Waals surface area (Å²) in [6, 6.07) is 17.5. The minimum Gasteiger partial charge on any atom is -0.459 e. The average molecular weight is 627 g/mol. The molecule has 2 heterocycles. The second kappa shape index (κ2) is 10.1. The summed E-state index contributed by atoms with van der Waals surface area (Å²) in [5, 5.41) is 12.9. The Bertz CT molecular complexity index is 1650. The molecule has 10 atom stereocenters. The van der Waals surface area contributed by atoms with Gasteiger partial charge in [-0.05, 0) is 92.5 Å². The highest BCUT2D eigenvalue weighted by atomic mass is 16.6. The van der Waals surface area contributed by atoms with Crippen LogP contribution in [0.2, 0.25) is 0 Å². The normalized spacial score (nSPS) is 42.0. The fourth-order valence-corrected chi connectivity index (χ4v) is 10.3. The fourth-order valence-electron chi connectivity index (χ4n) is 10.3. The molecule has 1 saturated heterocycles. The summed E-state index contributed by atoms with van der Waals surface area (Å²) in [5.41, 5.74) is -3.06. The molecule has 5 fully saturated rings. The predicted molar refractivity (Wildman–Crippen MR) is 162 cm³/mol. The number of hydrogen-bond acceptors (Lipinski definition) is 9. The number of carbonyl (C=O) groups is 4. The summed E-state index contributed by atoms with van der Waals surface area (Å²) in [4.78, 5) is 53.8. The van der Waals surface area contributed by atoms with Crippen LogP contribution in [0.5, 0.6) is 0 Å². The third kappa shape index (κ3) is 3.87. The first kappa shape index (κ1) is 29.6. The number of hydrogen-bond donors (Lipinski definition) is 1. The number of benzene rings is 2. The van der Waals surface area contributed by atoms with Gasteiger partial charge in [-0.25, -0.2) is 14.4 Å². The maximum absolute atomic E-state index is 15.0. The van der Waals surface area contributed by atoms with Gasteiger partial charge in [0.2, 0.25) is 0 Å². The van der Waals surface area contributed by atoms with Gasteiger partial charge in [-0.15, -0.1) is 0 Å². The van der Waals surface area contributed by atoms with Crippen molar-refractivity contribution in [2.24, 2.45) is 28.6 Å². The van der Waals surface area contributed by atoms with Gasteiger partial charge in [-0.1, -0.05) is 43.3 Å². The SMILES string of the molecule is C[C@]12CC[C@H](OC(=O)c3ccccc3)C[C@H]1C[C@@H]1O[C@]13[C@@H]2[C@H](OC(=O)c1ccccc1)C(=O)[C@]1(C)[C@@H](C2=CC(=O)OC2)CC[C@]31O. The largest absolute Gasteiger partial charge is 0.459 e. The van der Waals surface area contributed by atoms with E-state index in [0.29, 0.717) is 55.2 Å². The molecular formula is C37H38O9. The van der Waals surface area contributed by atoms with Crippen LogP contribution in [0.4, 0.5) is 0 Å². The van der Waals surface area contributed by atoms with Crippen molar-refractivity contribution in [3.05, 3.63) is 83.4 Å². The molecule has 8 rings (SSSR count). The van der Waals surface area contributed by atoms with E-state index in [1.165, 1.54) is 6.08 Å². The number of esters is 3. The van der Waals surface area contributed by atoms with Crippen LogP contribution in [0.1, 0.15) is 73.1 Å². The van der Waals surface area contributed by atoms with E-state index < -0.39 is 51.9 Å². The number of ether oxygens (including phenoxy) is 4. The third-order valence-corrected chi connectivity index (χ3v) is 12.6. The van der Waals surface area contributed by atoms with Crippen LogP contribution in [-0.4, -0.2) is 64.9 Å². The van der Waals surface area contributed by atoms with Gasteiger partial charge in [0.15, 0.2) is 11.9 Å². The van der Waals surface area contributed by atoms with E-state index in [2.05, 4.69) is 6.92 Å². The zero-order valence-corrected chi connectivity index (χ0v) is 26.0. The number of rotatable bonds is 5. The Morgan fingerprint density at radius 3 is 2.15 bits per heavy atom. The quantitative estimate of drug-likeness (QED) is 0.287. The predicted octanol–water partition coefficient (Wildman–Crippen LogP) is 4.61. The molecule has 0 unspecified atom stereocenters. The van der Waals surface area contributed by atoms with Crippen LogP contribution in [0, 0.1) is 28.6 Å². The molecule has 46 heavy (non-hydrogen) atoms. The highest BCUT2D eigenvalue weighted by Gasteiger charge is 2.89. The first-order chi connectivity index (χ1) is 22.0. The lowest BCUT2D eigenvalue weighted by molar-refractivity contribution is -0.226. The molecule has 1 spiro atoms. The van der Waals surface area contributed by atoms with Crippen molar-refractivity contribution in [3.8, 4) is 0 Å². The van der Waals surface area contributed by atoms with Crippen LogP contribution in [0.25, 0.3) is 0 Å². The smallest absolute Gasteiger partial charge is 0.338 e. The Kier molecular flexibility index (Phi) is 6.49. The minimum atomic E-state index is -1.54. The van der Waals surface area contributed by atoms with E-state index in [9.17, 15) is 19.5 Å². The molecule has 1 N–H and O–H groups in total. The molecule has 0 bridgehead atoms. The van der Waals surface area contributed by atoms with Crippen LogP contribution >= 0.6 is 0 Å². The van der Waals surface area contributed by atoms with Gasteiger partial charge in [-0.3, -0.25) is 4.79 Å². The Morgan fingerprint density at radius 2 is 1.52 bits per heavy atom. The Hall–Kier alpha value is -3.82. The van der Waals surface area contributed by atoms with Crippen molar-refractivity contribution in [2.75, 3.05) is 6.61 Å². The molecule has 4 saturated carbocycles. The first-order valence-electron chi connectivity index (χ1n) is 16.4. The summed E-state index contributed by atoms with van der Waals surface area (Å²) in [5.74, 6) is -2.85. The number of carbonyl (C=O) groups excluding carboxylic acids is 4. The zero-order valence-electron chi connectivity index (χ0n) is 26.0. The Labute approximate surface area is 267 Å². The van der Waals surface area contributed by atoms with E-state index in [1.807, 2.05) is 6.07 Å². The standard InChI is InChI=1S/C37H38O9/c1-34-15-13-25(44-32(40)21-9-5-3-6-10-21)18-24(34)19-27-37(46-27)30(34)29(45-33(41)22-11-7-4-8-12-22)31(39)35(2)26(14-16-36(35,37)42)23-17-28(38)43-20-23/h3-12,17,24-27,29-30,42H,13-16,18-20H2,1-2H3/t24-,25-,26+,27-,29-,30+,34-,35-,36+,37-/m0/s1. The van der Waals surface area contributed by atoms with Crippen molar-refractivity contribution in [1.82, 2.24) is 0 Å². The summed E-state index contributed by atoms with van der Waals surface area (Å²) in [6.45, 7) is 3.96. The maximum atomic E-state index is 15.0. The molecule has 6 aliphatic rings. The van der Waals surface area contributed by atoms with Crippen LogP contribution < -0.4 is 0 Å². The molecule has 2 aromatic rings. The van der Waals surface area contributed by atoms with Gasteiger partial charge < -0.3 is 24.1 Å². The molecule has 2 aromatic carbocycles. The molecule has 9 heteroatoms. The Balaban J connectivity index is 1.17. The lowest BCUT2D eigenvalue weighted by Gasteiger charge is -2.62. The highest BCUT2D eigenvalue weighted by Crippen LogP contribution is 2.77. The van der Waals surface area contributed by atoms with Gasteiger partial charge in [-0.2, -0.15) is 0 Å². The van der Waals surface area contributed by atoms with E-state index in [-0.39, 0.29) is 36.5 Å².